The van der Waals surface area contributed by atoms with Crippen LogP contribution in [0.25, 0.3) is 22.2 Å². The second-order valence-electron chi connectivity index (χ2n) is 7.39. The third-order valence-corrected chi connectivity index (χ3v) is 5.38. The van der Waals surface area contributed by atoms with E-state index in [-0.39, 0.29) is 17.7 Å². The molecule has 1 aromatic carbocycles. The van der Waals surface area contributed by atoms with E-state index in [0.717, 1.165) is 19.0 Å². The molecular formula is C20H19F3N6. The van der Waals surface area contributed by atoms with Gasteiger partial charge in [-0.25, -0.2) is 9.97 Å². The number of alkyl halides is 3. The van der Waals surface area contributed by atoms with Gasteiger partial charge in [0, 0.05) is 40.9 Å². The van der Waals surface area contributed by atoms with Crippen LogP contribution in [0.3, 0.4) is 0 Å². The zero-order valence-electron chi connectivity index (χ0n) is 15.9. The zero-order valence-corrected chi connectivity index (χ0v) is 15.9. The zero-order chi connectivity index (χ0) is 20.8. The lowest BCUT2D eigenvalue weighted by atomic mass is 9.85. The lowest BCUT2D eigenvalue weighted by Gasteiger charge is -2.41. The highest BCUT2D eigenvalue weighted by Gasteiger charge is 2.37. The Morgan fingerprint density at radius 1 is 1.28 bits per heavy atom. The molecule has 0 bridgehead atoms. The molecule has 150 valence electrons. The third-order valence-electron chi connectivity index (χ3n) is 5.38. The van der Waals surface area contributed by atoms with Gasteiger partial charge >= 0.3 is 6.18 Å². The van der Waals surface area contributed by atoms with Crippen molar-refractivity contribution in [3.63, 3.8) is 0 Å². The van der Waals surface area contributed by atoms with Gasteiger partial charge in [0.15, 0.2) is 0 Å². The molecule has 29 heavy (non-hydrogen) atoms. The van der Waals surface area contributed by atoms with Gasteiger partial charge in [0.2, 0.25) is 5.95 Å². The molecule has 2 heterocycles. The standard InChI is InChI=1S/C20H19F3N6/c1-29(2)17-6-5-15(17)27-19-26-10-14(20(21,22)23)18(28-19)13-9-25-16-7-11(8-24)3-4-12(13)16/h3-4,7,9-10,15,17,25H,5-6H2,1-2H3,(H,26,27,28)/t15-,17-/m0/s1. The van der Waals surface area contributed by atoms with E-state index in [1.165, 1.54) is 6.20 Å². The molecule has 6 nitrogen and oxygen atoms in total. The van der Waals surface area contributed by atoms with Gasteiger partial charge in [-0.3, -0.25) is 0 Å². The lowest BCUT2D eigenvalue weighted by molar-refractivity contribution is -0.137. The Hall–Kier alpha value is -3.12. The van der Waals surface area contributed by atoms with E-state index in [2.05, 4.69) is 25.2 Å². The van der Waals surface area contributed by atoms with Gasteiger partial charge in [0.1, 0.15) is 5.56 Å². The molecule has 1 fully saturated rings. The minimum atomic E-state index is -4.59. The van der Waals surface area contributed by atoms with Crippen LogP contribution in [0.1, 0.15) is 24.0 Å². The molecule has 2 N–H and O–H groups in total. The number of rotatable bonds is 4. The molecule has 1 aliphatic rings. The van der Waals surface area contributed by atoms with Gasteiger partial charge in [-0.2, -0.15) is 18.4 Å². The number of hydrogen-bond acceptors (Lipinski definition) is 5. The van der Waals surface area contributed by atoms with Gasteiger partial charge in [-0.1, -0.05) is 6.07 Å². The van der Waals surface area contributed by atoms with Crippen LogP contribution in [-0.2, 0) is 6.18 Å². The first-order valence-corrected chi connectivity index (χ1v) is 9.16. The molecule has 9 heteroatoms. The Bertz CT molecular complexity index is 1100. The SMILES string of the molecule is CN(C)[C@H]1CC[C@@H]1Nc1ncc(C(F)(F)F)c(-c2c[nH]c3cc(C#N)ccc23)n1. The molecule has 0 saturated heterocycles. The van der Waals surface area contributed by atoms with Gasteiger partial charge in [-0.05, 0) is 39.1 Å². The summed E-state index contributed by atoms with van der Waals surface area (Å²) >= 11 is 0. The van der Waals surface area contributed by atoms with Crippen LogP contribution in [0.2, 0.25) is 0 Å². The van der Waals surface area contributed by atoms with E-state index in [4.69, 9.17) is 5.26 Å². The van der Waals surface area contributed by atoms with Crippen molar-refractivity contribution in [2.75, 3.05) is 19.4 Å². The number of nitriles is 1. The molecule has 0 radical (unpaired) electrons. The van der Waals surface area contributed by atoms with Crippen LogP contribution in [0.15, 0.2) is 30.6 Å². The maximum Gasteiger partial charge on any atom is 0.419 e. The molecule has 0 amide bonds. The lowest BCUT2D eigenvalue weighted by Crippen LogP contribution is -2.51. The van der Waals surface area contributed by atoms with Crippen molar-refractivity contribution < 1.29 is 13.2 Å². The number of aromatic nitrogens is 3. The highest BCUT2D eigenvalue weighted by Crippen LogP contribution is 2.39. The van der Waals surface area contributed by atoms with Crippen molar-refractivity contribution in [1.29, 1.82) is 5.26 Å². The number of benzene rings is 1. The number of halogens is 3. The van der Waals surface area contributed by atoms with Gasteiger partial charge in [-0.15, -0.1) is 0 Å². The molecule has 2 aromatic heterocycles. The minimum Gasteiger partial charge on any atom is -0.360 e. The van der Waals surface area contributed by atoms with Gasteiger partial charge in [0.25, 0.3) is 0 Å². The summed E-state index contributed by atoms with van der Waals surface area (Å²) in [5.74, 6) is 0.174. The monoisotopic (exact) mass is 400 g/mol. The molecule has 4 rings (SSSR count). The van der Waals surface area contributed by atoms with Crippen molar-refractivity contribution in [2.24, 2.45) is 0 Å². The molecular weight excluding hydrogens is 381 g/mol. The molecule has 0 unspecified atom stereocenters. The summed E-state index contributed by atoms with van der Waals surface area (Å²) in [5.41, 5.74) is 0.233. The summed E-state index contributed by atoms with van der Waals surface area (Å²) in [6.07, 6.45) is -0.350. The summed E-state index contributed by atoms with van der Waals surface area (Å²) in [7, 11) is 3.94. The summed E-state index contributed by atoms with van der Waals surface area (Å²) in [6.45, 7) is 0. The van der Waals surface area contributed by atoms with Crippen molar-refractivity contribution in [2.45, 2.75) is 31.1 Å². The quantitative estimate of drug-likeness (QED) is 0.691. The van der Waals surface area contributed by atoms with E-state index in [1.807, 2.05) is 20.2 Å². The Labute approximate surface area is 165 Å². The normalized spacial score (nSPS) is 19.2. The van der Waals surface area contributed by atoms with Crippen molar-refractivity contribution in [1.82, 2.24) is 19.9 Å². The van der Waals surface area contributed by atoms with Crippen LogP contribution in [0, 0.1) is 11.3 Å². The number of H-pyrrole nitrogens is 1. The number of anilines is 1. The van der Waals surface area contributed by atoms with E-state index >= 15 is 0 Å². The first-order chi connectivity index (χ1) is 13.8. The van der Waals surface area contributed by atoms with Crippen LogP contribution < -0.4 is 5.32 Å². The van der Waals surface area contributed by atoms with E-state index in [0.29, 0.717) is 28.1 Å². The molecule has 1 saturated carbocycles. The first kappa shape index (κ1) is 19.2. The molecule has 0 aliphatic heterocycles. The Balaban J connectivity index is 1.77. The average molecular weight is 400 g/mol. The summed E-state index contributed by atoms with van der Waals surface area (Å²) < 4.78 is 40.9. The average Bonchev–Trinajstić information content (AvgIpc) is 3.06. The summed E-state index contributed by atoms with van der Waals surface area (Å²) in [4.78, 5) is 13.2. The maximum atomic E-state index is 13.6. The topological polar surface area (TPSA) is 80.6 Å². The first-order valence-electron chi connectivity index (χ1n) is 9.16. The Morgan fingerprint density at radius 3 is 2.69 bits per heavy atom. The minimum absolute atomic E-state index is 0.0933. The maximum absolute atomic E-state index is 13.6. The number of fused-ring (bicyclic) bond motifs is 1. The highest BCUT2D eigenvalue weighted by atomic mass is 19.4. The molecule has 0 spiro atoms. The molecule has 2 atom stereocenters. The number of aromatic amines is 1. The predicted octanol–water partition coefficient (Wildman–Crippen LogP) is 4.02. The fourth-order valence-electron chi connectivity index (χ4n) is 3.69. The smallest absolute Gasteiger partial charge is 0.360 e. The third kappa shape index (κ3) is 3.51. The number of likely N-dealkylation sites (N-methyl/N-ethyl adjacent to an activating group) is 1. The summed E-state index contributed by atoms with van der Waals surface area (Å²) in [5, 5.41) is 12.8. The van der Waals surface area contributed by atoms with Crippen LogP contribution in [-0.4, -0.2) is 46.0 Å². The highest BCUT2D eigenvalue weighted by molar-refractivity contribution is 5.96. The number of nitrogens with zero attached hydrogens (tertiary/aromatic N) is 4. The van der Waals surface area contributed by atoms with E-state index in [9.17, 15) is 13.2 Å². The van der Waals surface area contributed by atoms with Crippen molar-refractivity contribution in [3.05, 3.63) is 41.7 Å². The van der Waals surface area contributed by atoms with Crippen LogP contribution in [0.5, 0.6) is 0 Å². The molecule has 1 aliphatic carbocycles. The van der Waals surface area contributed by atoms with E-state index in [1.54, 1.807) is 18.2 Å². The number of nitrogens with one attached hydrogen (secondary N) is 2. The molecule has 3 aromatic rings. The van der Waals surface area contributed by atoms with Gasteiger partial charge in [0.05, 0.1) is 17.3 Å². The fraction of sp³-hybridized carbons (Fsp3) is 0.350. The van der Waals surface area contributed by atoms with Gasteiger partial charge < -0.3 is 15.2 Å². The predicted molar refractivity (Wildman–Crippen MR) is 103 cm³/mol. The van der Waals surface area contributed by atoms with Crippen molar-refractivity contribution in [3.8, 4) is 17.3 Å². The van der Waals surface area contributed by atoms with Crippen molar-refractivity contribution >= 4 is 16.9 Å². The van der Waals surface area contributed by atoms with Crippen LogP contribution in [0.4, 0.5) is 19.1 Å². The largest absolute Gasteiger partial charge is 0.419 e. The Kier molecular flexibility index (Phi) is 4.67. The summed E-state index contributed by atoms with van der Waals surface area (Å²) in [6, 6.07) is 7.21. The van der Waals surface area contributed by atoms with E-state index < -0.39 is 11.7 Å². The second-order valence-corrected chi connectivity index (χ2v) is 7.39. The Morgan fingerprint density at radius 2 is 2.07 bits per heavy atom. The van der Waals surface area contributed by atoms with Crippen LogP contribution >= 0.6 is 0 Å². The fourth-order valence-corrected chi connectivity index (χ4v) is 3.69. The second kappa shape index (κ2) is 7.04. The number of hydrogen-bond donors (Lipinski definition) is 2.